The zero-order valence-corrected chi connectivity index (χ0v) is 11.5. The van der Waals surface area contributed by atoms with Crippen LogP contribution in [0.2, 0.25) is 0 Å². The number of nitriles is 1. The monoisotopic (exact) mass is 282 g/mol. The minimum absolute atomic E-state index is 0.0910. The van der Waals surface area contributed by atoms with Crippen LogP contribution in [0.4, 0.5) is 17.1 Å². The molecule has 6 heteroatoms. The Morgan fingerprint density at radius 1 is 1.33 bits per heavy atom. The summed E-state index contributed by atoms with van der Waals surface area (Å²) in [6.45, 7) is 0.482. The van der Waals surface area contributed by atoms with Crippen LogP contribution in [0.1, 0.15) is 11.1 Å². The third-order valence-electron chi connectivity index (χ3n) is 3.13. The fourth-order valence-electron chi connectivity index (χ4n) is 2.02. The minimum atomic E-state index is -0.491. The topological polar surface area (TPSA) is 96.2 Å². The summed E-state index contributed by atoms with van der Waals surface area (Å²) in [6, 6.07) is 14.0. The molecule has 106 valence electrons. The lowest BCUT2D eigenvalue weighted by Crippen LogP contribution is -2.16. The van der Waals surface area contributed by atoms with Gasteiger partial charge in [-0.25, -0.2) is 0 Å². The van der Waals surface area contributed by atoms with Gasteiger partial charge in [0.25, 0.3) is 5.69 Å². The number of hydrogen-bond acceptors (Lipinski definition) is 5. The van der Waals surface area contributed by atoms with Crippen LogP contribution in [0.25, 0.3) is 0 Å². The normalized spacial score (nSPS) is 9.90. The van der Waals surface area contributed by atoms with Crippen molar-refractivity contribution in [1.29, 1.82) is 5.26 Å². The lowest BCUT2D eigenvalue weighted by Gasteiger charge is -2.19. The molecular weight excluding hydrogens is 268 g/mol. The van der Waals surface area contributed by atoms with Crippen LogP contribution < -0.4 is 10.6 Å². The van der Waals surface area contributed by atoms with Crippen molar-refractivity contribution in [2.24, 2.45) is 0 Å². The van der Waals surface area contributed by atoms with Crippen LogP contribution in [0.3, 0.4) is 0 Å². The summed E-state index contributed by atoms with van der Waals surface area (Å²) in [5.74, 6) is 0. The minimum Gasteiger partial charge on any atom is -0.393 e. The highest BCUT2D eigenvalue weighted by Crippen LogP contribution is 2.24. The van der Waals surface area contributed by atoms with E-state index in [1.54, 1.807) is 24.3 Å². The van der Waals surface area contributed by atoms with Gasteiger partial charge in [-0.2, -0.15) is 5.26 Å². The lowest BCUT2D eigenvalue weighted by molar-refractivity contribution is -0.384. The Bertz CT molecular complexity index is 722. The first-order valence-corrected chi connectivity index (χ1v) is 6.25. The van der Waals surface area contributed by atoms with Crippen LogP contribution in [0.5, 0.6) is 0 Å². The highest BCUT2D eigenvalue weighted by atomic mass is 16.6. The van der Waals surface area contributed by atoms with Crippen molar-refractivity contribution in [2.75, 3.05) is 17.7 Å². The van der Waals surface area contributed by atoms with Crippen molar-refractivity contribution < 1.29 is 4.92 Å². The number of anilines is 2. The molecule has 0 aliphatic carbocycles. The SMILES string of the molecule is CN(Cc1ccc(N)c([N+](=O)[O-])c1)c1cccc(C#N)c1. The molecular formula is C15H14N4O2. The quantitative estimate of drug-likeness (QED) is 0.528. The molecule has 0 spiro atoms. The van der Waals surface area contributed by atoms with E-state index in [0.717, 1.165) is 11.3 Å². The number of benzene rings is 2. The van der Waals surface area contributed by atoms with Gasteiger partial charge in [0, 0.05) is 25.3 Å². The molecule has 0 heterocycles. The second kappa shape index (κ2) is 5.92. The van der Waals surface area contributed by atoms with Gasteiger partial charge in [0.2, 0.25) is 0 Å². The molecule has 2 rings (SSSR count). The molecule has 2 N–H and O–H groups in total. The molecule has 0 unspecified atom stereocenters. The molecule has 0 atom stereocenters. The molecule has 2 aromatic carbocycles. The molecule has 0 saturated carbocycles. The Kier molecular flexibility index (Phi) is 4.05. The zero-order valence-electron chi connectivity index (χ0n) is 11.5. The Morgan fingerprint density at radius 2 is 2.10 bits per heavy atom. The van der Waals surface area contributed by atoms with Gasteiger partial charge in [0.1, 0.15) is 5.69 Å². The number of nitro groups is 1. The predicted molar refractivity (Wildman–Crippen MR) is 80.8 cm³/mol. The van der Waals surface area contributed by atoms with E-state index >= 15 is 0 Å². The van der Waals surface area contributed by atoms with Gasteiger partial charge in [0.05, 0.1) is 16.6 Å². The fraction of sp³-hybridized carbons (Fsp3) is 0.133. The summed E-state index contributed by atoms with van der Waals surface area (Å²) in [5.41, 5.74) is 7.86. The molecule has 21 heavy (non-hydrogen) atoms. The Balaban J connectivity index is 2.23. The van der Waals surface area contributed by atoms with Crippen molar-refractivity contribution in [3.8, 4) is 6.07 Å². The van der Waals surface area contributed by atoms with Crippen molar-refractivity contribution in [3.05, 3.63) is 63.7 Å². The molecule has 0 amide bonds. The maximum absolute atomic E-state index is 10.9. The van der Waals surface area contributed by atoms with E-state index in [1.165, 1.54) is 12.1 Å². The third-order valence-corrected chi connectivity index (χ3v) is 3.13. The number of hydrogen-bond donors (Lipinski definition) is 1. The van der Waals surface area contributed by atoms with Crippen LogP contribution >= 0.6 is 0 Å². The Labute approximate surface area is 122 Å². The highest BCUT2D eigenvalue weighted by molar-refractivity contribution is 5.60. The van der Waals surface area contributed by atoms with E-state index in [4.69, 9.17) is 11.0 Å². The van der Waals surface area contributed by atoms with E-state index in [9.17, 15) is 10.1 Å². The summed E-state index contributed by atoms with van der Waals surface area (Å²) in [5, 5.41) is 19.8. The first-order valence-electron chi connectivity index (χ1n) is 6.25. The van der Waals surface area contributed by atoms with Crippen molar-refractivity contribution in [2.45, 2.75) is 6.54 Å². The molecule has 0 radical (unpaired) electrons. The summed E-state index contributed by atoms with van der Waals surface area (Å²) >= 11 is 0. The summed E-state index contributed by atoms with van der Waals surface area (Å²) in [7, 11) is 1.86. The maximum Gasteiger partial charge on any atom is 0.292 e. The largest absolute Gasteiger partial charge is 0.393 e. The second-order valence-corrected chi connectivity index (χ2v) is 4.67. The Hall–Kier alpha value is -3.07. The summed E-state index contributed by atoms with van der Waals surface area (Å²) in [4.78, 5) is 12.3. The average Bonchev–Trinajstić information content (AvgIpc) is 2.49. The van der Waals surface area contributed by atoms with Crippen LogP contribution in [-0.4, -0.2) is 12.0 Å². The number of rotatable bonds is 4. The van der Waals surface area contributed by atoms with Gasteiger partial charge in [-0.3, -0.25) is 10.1 Å². The number of nitrogen functional groups attached to an aromatic ring is 1. The lowest BCUT2D eigenvalue weighted by atomic mass is 10.1. The van der Waals surface area contributed by atoms with Crippen LogP contribution in [-0.2, 0) is 6.54 Å². The van der Waals surface area contributed by atoms with Crippen molar-refractivity contribution >= 4 is 17.1 Å². The third kappa shape index (κ3) is 3.28. The van der Waals surface area contributed by atoms with E-state index in [1.807, 2.05) is 18.0 Å². The highest BCUT2D eigenvalue weighted by Gasteiger charge is 2.13. The maximum atomic E-state index is 10.9. The first kappa shape index (κ1) is 14.3. The summed E-state index contributed by atoms with van der Waals surface area (Å²) in [6.07, 6.45) is 0. The van der Waals surface area contributed by atoms with E-state index in [0.29, 0.717) is 12.1 Å². The van der Waals surface area contributed by atoms with Crippen molar-refractivity contribution in [1.82, 2.24) is 0 Å². The first-order chi connectivity index (χ1) is 10.0. The van der Waals surface area contributed by atoms with Crippen LogP contribution in [0, 0.1) is 21.4 Å². The smallest absolute Gasteiger partial charge is 0.292 e. The van der Waals surface area contributed by atoms with Gasteiger partial charge in [-0.15, -0.1) is 0 Å². The number of nitro benzene ring substituents is 1. The molecule has 0 aliphatic rings. The van der Waals surface area contributed by atoms with Crippen LogP contribution in [0.15, 0.2) is 42.5 Å². The van der Waals surface area contributed by atoms with E-state index in [-0.39, 0.29) is 11.4 Å². The molecule has 0 aromatic heterocycles. The predicted octanol–water partition coefficient (Wildman–Crippen LogP) is 2.69. The van der Waals surface area contributed by atoms with Gasteiger partial charge < -0.3 is 10.6 Å². The van der Waals surface area contributed by atoms with Gasteiger partial charge >= 0.3 is 0 Å². The molecule has 6 nitrogen and oxygen atoms in total. The molecule has 2 aromatic rings. The number of nitrogens with two attached hydrogens (primary N) is 1. The fourth-order valence-corrected chi connectivity index (χ4v) is 2.02. The summed E-state index contributed by atoms with van der Waals surface area (Å²) < 4.78 is 0. The van der Waals surface area contributed by atoms with Crippen molar-refractivity contribution in [3.63, 3.8) is 0 Å². The zero-order chi connectivity index (χ0) is 15.4. The average molecular weight is 282 g/mol. The molecule has 0 saturated heterocycles. The van der Waals surface area contributed by atoms with Gasteiger partial charge in [-0.05, 0) is 29.8 Å². The number of nitrogens with zero attached hydrogens (tertiary/aromatic N) is 3. The van der Waals surface area contributed by atoms with Gasteiger partial charge in [0.15, 0.2) is 0 Å². The van der Waals surface area contributed by atoms with E-state index in [2.05, 4.69) is 6.07 Å². The Morgan fingerprint density at radius 3 is 2.76 bits per heavy atom. The molecule has 0 fully saturated rings. The van der Waals surface area contributed by atoms with Gasteiger partial charge in [-0.1, -0.05) is 12.1 Å². The molecule has 0 bridgehead atoms. The standard InChI is InChI=1S/C15H14N4O2/c1-18(13-4-2-3-11(7-13)9-16)10-12-5-6-14(17)15(8-12)19(20)21/h2-8H,10,17H2,1H3. The second-order valence-electron chi connectivity index (χ2n) is 4.67. The molecule has 0 aliphatic heterocycles. The van der Waals surface area contributed by atoms with E-state index < -0.39 is 4.92 Å².